The Balaban J connectivity index is 2.85. The second-order valence-corrected chi connectivity index (χ2v) is 3.29. The van der Waals surface area contributed by atoms with Gasteiger partial charge in [0, 0.05) is 7.11 Å². The zero-order chi connectivity index (χ0) is 11.3. The van der Waals surface area contributed by atoms with Crippen molar-refractivity contribution in [2.24, 2.45) is 0 Å². The van der Waals surface area contributed by atoms with E-state index in [2.05, 4.69) is 5.10 Å². The van der Waals surface area contributed by atoms with Crippen molar-refractivity contribution in [1.29, 1.82) is 0 Å². The topological polar surface area (TPSA) is 64.3 Å². The van der Waals surface area contributed by atoms with E-state index in [1.807, 2.05) is 6.92 Å². The van der Waals surface area contributed by atoms with Crippen LogP contribution < -0.4 is 0 Å². The van der Waals surface area contributed by atoms with Crippen molar-refractivity contribution < 1.29 is 14.6 Å². The molecule has 0 radical (unpaired) electrons. The number of ether oxygens (including phenoxy) is 1. The number of carboxylic acid groups (broad SMARTS) is 1. The minimum atomic E-state index is -0.944. The van der Waals surface area contributed by atoms with Crippen molar-refractivity contribution in [3.05, 3.63) is 17.5 Å². The first kappa shape index (κ1) is 11.7. The summed E-state index contributed by atoms with van der Waals surface area (Å²) in [6.07, 6.45) is 1.76. The molecule has 0 amide bonds. The largest absolute Gasteiger partial charge is 0.477 e. The van der Waals surface area contributed by atoms with Crippen LogP contribution in [-0.4, -0.2) is 34.6 Å². The zero-order valence-corrected chi connectivity index (χ0v) is 9.06. The van der Waals surface area contributed by atoms with Gasteiger partial charge < -0.3 is 9.84 Å². The summed E-state index contributed by atoms with van der Waals surface area (Å²) >= 11 is 0. The van der Waals surface area contributed by atoms with Crippen molar-refractivity contribution in [2.75, 3.05) is 13.7 Å². The number of hydrogen-bond acceptors (Lipinski definition) is 3. The minimum Gasteiger partial charge on any atom is -0.477 e. The SMILES string of the molecule is CCCc1cc(C(=O)O)n(CCOC)n1. The van der Waals surface area contributed by atoms with Crippen LogP contribution in [-0.2, 0) is 17.7 Å². The molecule has 0 unspecified atom stereocenters. The summed E-state index contributed by atoms with van der Waals surface area (Å²) in [4.78, 5) is 10.9. The van der Waals surface area contributed by atoms with E-state index in [9.17, 15) is 4.79 Å². The summed E-state index contributed by atoms with van der Waals surface area (Å²) in [6, 6.07) is 1.63. The molecule has 84 valence electrons. The molecule has 0 bridgehead atoms. The Bertz CT molecular complexity index is 333. The Morgan fingerprint density at radius 2 is 2.40 bits per heavy atom. The van der Waals surface area contributed by atoms with Gasteiger partial charge in [-0.25, -0.2) is 4.79 Å². The summed E-state index contributed by atoms with van der Waals surface area (Å²) in [7, 11) is 1.58. The average Bonchev–Trinajstić information content (AvgIpc) is 2.59. The van der Waals surface area contributed by atoms with Crippen LogP contribution in [0.2, 0.25) is 0 Å². The van der Waals surface area contributed by atoms with E-state index in [1.54, 1.807) is 13.2 Å². The number of aryl methyl sites for hydroxylation is 1. The molecule has 0 fully saturated rings. The maximum absolute atomic E-state index is 10.9. The predicted molar refractivity (Wildman–Crippen MR) is 55.1 cm³/mol. The monoisotopic (exact) mass is 212 g/mol. The number of rotatable bonds is 6. The average molecular weight is 212 g/mol. The Morgan fingerprint density at radius 1 is 1.67 bits per heavy atom. The highest BCUT2D eigenvalue weighted by atomic mass is 16.5. The molecule has 0 saturated heterocycles. The van der Waals surface area contributed by atoms with E-state index >= 15 is 0 Å². The molecule has 5 heteroatoms. The summed E-state index contributed by atoms with van der Waals surface area (Å²) in [6.45, 7) is 2.98. The van der Waals surface area contributed by atoms with Crippen LogP contribution in [0.1, 0.15) is 29.5 Å². The highest BCUT2D eigenvalue weighted by Gasteiger charge is 2.13. The van der Waals surface area contributed by atoms with E-state index < -0.39 is 5.97 Å². The standard InChI is InChI=1S/C10H16N2O3/c1-3-4-8-7-9(10(13)14)12(11-8)5-6-15-2/h7H,3-6H2,1-2H3,(H,13,14). The number of hydrogen-bond donors (Lipinski definition) is 1. The van der Waals surface area contributed by atoms with Crippen molar-refractivity contribution in [3.63, 3.8) is 0 Å². The molecule has 0 aromatic carbocycles. The molecular weight excluding hydrogens is 196 g/mol. The maximum atomic E-state index is 10.9. The molecule has 0 aliphatic heterocycles. The van der Waals surface area contributed by atoms with E-state index in [0.717, 1.165) is 18.5 Å². The molecule has 0 aliphatic rings. The van der Waals surface area contributed by atoms with Crippen LogP contribution in [0.4, 0.5) is 0 Å². The molecule has 0 spiro atoms. The third-order valence-electron chi connectivity index (χ3n) is 2.06. The molecule has 1 aromatic heterocycles. The number of aromatic nitrogens is 2. The first-order valence-electron chi connectivity index (χ1n) is 4.98. The van der Waals surface area contributed by atoms with E-state index in [0.29, 0.717) is 13.2 Å². The highest BCUT2D eigenvalue weighted by Crippen LogP contribution is 2.07. The molecule has 1 N–H and O–H groups in total. The molecule has 0 saturated carbocycles. The van der Waals surface area contributed by atoms with E-state index in [-0.39, 0.29) is 5.69 Å². The Hall–Kier alpha value is -1.36. The third kappa shape index (κ3) is 3.06. The molecule has 1 aromatic rings. The predicted octanol–water partition coefficient (Wildman–Crippen LogP) is 1.18. The number of carboxylic acids is 1. The van der Waals surface area contributed by atoms with Gasteiger partial charge in [-0.3, -0.25) is 4.68 Å². The molecule has 15 heavy (non-hydrogen) atoms. The highest BCUT2D eigenvalue weighted by molar-refractivity contribution is 5.85. The summed E-state index contributed by atoms with van der Waals surface area (Å²) in [5.74, 6) is -0.944. The smallest absolute Gasteiger partial charge is 0.354 e. The van der Waals surface area contributed by atoms with Gasteiger partial charge in [0.15, 0.2) is 0 Å². The lowest BCUT2D eigenvalue weighted by Gasteiger charge is -2.02. The Labute approximate surface area is 88.7 Å². The number of carbonyl (C=O) groups is 1. The van der Waals surface area contributed by atoms with Crippen LogP contribution in [0, 0.1) is 0 Å². The second-order valence-electron chi connectivity index (χ2n) is 3.29. The van der Waals surface area contributed by atoms with E-state index in [1.165, 1.54) is 4.68 Å². The quantitative estimate of drug-likeness (QED) is 0.769. The fourth-order valence-corrected chi connectivity index (χ4v) is 1.37. The fraction of sp³-hybridized carbons (Fsp3) is 0.600. The van der Waals surface area contributed by atoms with Gasteiger partial charge in [-0.2, -0.15) is 5.10 Å². The van der Waals surface area contributed by atoms with Crippen LogP contribution in [0.15, 0.2) is 6.07 Å². The number of methoxy groups -OCH3 is 1. The van der Waals surface area contributed by atoms with Gasteiger partial charge >= 0.3 is 5.97 Å². The third-order valence-corrected chi connectivity index (χ3v) is 2.06. The van der Waals surface area contributed by atoms with Gasteiger partial charge in [0.2, 0.25) is 0 Å². The minimum absolute atomic E-state index is 0.232. The maximum Gasteiger partial charge on any atom is 0.354 e. The van der Waals surface area contributed by atoms with Crippen LogP contribution in [0.25, 0.3) is 0 Å². The van der Waals surface area contributed by atoms with Crippen molar-refractivity contribution in [2.45, 2.75) is 26.3 Å². The first-order valence-corrected chi connectivity index (χ1v) is 4.98. The number of nitrogens with zero attached hydrogens (tertiary/aromatic N) is 2. The van der Waals surface area contributed by atoms with Gasteiger partial charge in [0.25, 0.3) is 0 Å². The summed E-state index contributed by atoms with van der Waals surface area (Å²) in [5.41, 5.74) is 1.06. The van der Waals surface area contributed by atoms with Crippen molar-refractivity contribution in [3.8, 4) is 0 Å². The van der Waals surface area contributed by atoms with Crippen molar-refractivity contribution >= 4 is 5.97 Å². The van der Waals surface area contributed by atoms with Crippen molar-refractivity contribution in [1.82, 2.24) is 9.78 Å². The molecule has 0 atom stereocenters. The van der Waals surface area contributed by atoms with Gasteiger partial charge in [-0.1, -0.05) is 13.3 Å². The normalized spacial score (nSPS) is 10.5. The van der Waals surface area contributed by atoms with Gasteiger partial charge in [-0.15, -0.1) is 0 Å². The lowest BCUT2D eigenvalue weighted by molar-refractivity contribution is 0.0680. The Kier molecular flexibility index (Phi) is 4.30. The van der Waals surface area contributed by atoms with Gasteiger partial charge in [0.05, 0.1) is 18.8 Å². The Morgan fingerprint density at radius 3 is 2.93 bits per heavy atom. The van der Waals surface area contributed by atoms with E-state index in [4.69, 9.17) is 9.84 Å². The lowest BCUT2D eigenvalue weighted by atomic mass is 10.2. The van der Waals surface area contributed by atoms with Crippen LogP contribution in [0.5, 0.6) is 0 Å². The van der Waals surface area contributed by atoms with Gasteiger partial charge in [0.1, 0.15) is 5.69 Å². The van der Waals surface area contributed by atoms with Gasteiger partial charge in [-0.05, 0) is 12.5 Å². The second kappa shape index (κ2) is 5.50. The molecular formula is C10H16N2O3. The fourth-order valence-electron chi connectivity index (χ4n) is 1.37. The molecule has 5 nitrogen and oxygen atoms in total. The lowest BCUT2D eigenvalue weighted by Crippen LogP contribution is -2.13. The first-order chi connectivity index (χ1) is 7.19. The zero-order valence-electron chi connectivity index (χ0n) is 9.06. The van der Waals surface area contributed by atoms with Crippen LogP contribution >= 0.6 is 0 Å². The van der Waals surface area contributed by atoms with Crippen LogP contribution in [0.3, 0.4) is 0 Å². The molecule has 0 aliphatic carbocycles. The number of aromatic carboxylic acids is 1. The summed E-state index contributed by atoms with van der Waals surface area (Å²) < 4.78 is 6.38. The molecule has 1 rings (SSSR count). The molecule has 1 heterocycles. The summed E-state index contributed by atoms with van der Waals surface area (Å²) in [5, 5.41) is 13.2.